The van der Waals surface area contributed by atoms with E-state index in [1.54, 1.807) is 8.51 Å². The van der Waals surface area contributed by atoms with E-state index in [9.17, 15) is 0 Å². The highest BCUT2D eigenvalue weighted by Gasteiger charge is 1.97. The molecule has 0 saturated heterocycles. The molecule has 0 aliphatic carbocycles. The molecule has 1 aromatic heterocycles. The Bertz CT molecular complexity index is 629. The first kappa shape index (κ1) is 13.3. The first-order valence-electron chi connectivity index (χ1n) is 5.89. The summed E-state index contributed by atoms with van der Waals surface area (Å²) < 4.78 is 7.90. The van der Waals surface area contributed by atoms with Crippen LogP contribution in [0.25, 0.3) is 0 Å². The zero-order valence-electron chi connectivity index (χ0n) is 10.4. The van der Waals surface area contributed by atoms with Crippen LogP contribution in [0.4, 0.5) is 0 Å². The third kappa shape index (κ3) is 3.68. The molecule has 3 rings (SSSR count). The number of benzene rings is 2. The van der Waals surface area contributed by atoms with Gasteiger partial charge in [-0.15, -0.1) is 8.51 Å². The maximum Gasteiger partial charge on any atom is 0.182 e. The molecule has 3 aromatic rings. The normalized spacial score (nSPS) is 11.2. The Morgan fingerprint density at radius 2 is 1.45 bits per heavy atom. The van der Waals surface area contributed by atoms with Crippen molar-refractivity contribution in [1.29, 1.82) is 0 Å². The van der Waals surface area contributed by atoms with Crippen LogP contribution >= 0.6 is 25.5 Å². The van der Waals surface area contributed by atoms with Gasteiger partial charge in [-0.05, 0) is 24.3 Å². The quantitative estimate of drug-likeness (QED) is 0.725. The van der Waals surface area contributed by atoms with Crippen LogP contribution in [-0.4, -0.2) is 13.0 Å². The van der Waals surface area contributed by atoms with Gasteiger partial charge in [-0.1, -0.05) is 36.4 Å². The van der Waals surface area contributed by atoms with E-state index in [1.165, 1.54) is 0 Å². The van der Waals surface area contributed by atoms with Gasteiger partial charge >= 0.3 is 0 Å². The molecule has 0 radical (unpaired) electrons. The standard InChI is InChI=1S/C12H12N3O2P3/c1-3-7-11(8-4-1)16-14-18-13-19-15(20-14)17-12-9-5-2-6-10-12/h1-10,18,20H. The molecule has 0 aliphatic rings. The molecular weight excluding hydrogens is 311 g/mol. The number of hydrogen-bond acceptors (Lipinski definition) is 3. The van der Waals surface area contributed by atoms with E-state index in [0.717, 1.165) is 20.0 Å². The third-order valence-electron chi connectivity index (χ3n) is 2.31. The van der Waals surface area contributed by atoms with E-state index in [4.69, 9.17) is 9.68 Å². The van der Waals surface area contributed by atoms with Gasteiger partial charge in [-0.3, -0.25) is 0 Å². The molecule has 1 heterocycles. The summed E-state index contributed by atoms with van der Waals surface area (Å²) in [5.41, 5.74) is 0. The Morgan fingerprint density at radius 3 is 2.10 bits per heavy atom. The molecule has 8 heteroatoms. The molecular formula is C12H12N3O2P3. The molecule has 0 saturated carbocycles. The van der Waals surface area contributed by atoms with Crippen molar-refractivity contribution >= 4 is 25.5 Å². The highest BCUT2D eigenvalue weighted by Crippen LogP contribution is 2.22. The van der Waals surface area contributed by atoms with Gasteiger partial charge in [0, 0.05) is 0 Å². The van der Waals surface area contributed by atoms with Crippen LogP contribution in [0, 0.1) is 0 Å². The van der Waals surface area contributed by atoms with E-state index >= 15 is 0 Å². The van der Waals surface area contributed by atoms with Crippen LogP contribution in [0.2, 0.25) is 0 Å². The molecule has 0 bridgehead atoms. The summed E-state index contributed by atoms with van der Waals surface area (Å²) in [5, 5.41) is 0. The number of nitrogens with zero attached hydrogens (tertiary/aromatic N) is 3. The van der Waals surface area contributed by atoms with Crippen LogP contribution < -0.4 is 9.68 Å². The van der Waals surface area contributed by atoms with Gasteiger partial charge in [0.25, 0.3) is 0 Å². The molecule has 2 unspecified atom stereocenters. The molecule has 0 aliphatic heterocycles. The fourth-order valence-corrected chi connectivity index (χ4v) is 4.92. The third-order valence-corrected chi connectivity index (χ3v) is 5.22. The van der Waals surface area contributed by atoms with Gasteiger partial charge in [-0.2, -0.15) is 4.51 Å². The minimum absolute atomic E-state index is 0.263. The minimum atomic E-state index is 0.263. The van der Waals surface area contributed by atoms with Gasteiger partial charge in [0.2, 0.25) is 0 Å². The predicted molar refractivity (Wildman–Crippen MR) is 84.3 cm³/mol. The molecule has 2 aromatic carbocycles. The SMILES string of the molecule is c1ccc(On2pn[pH]n(Oc3ccccc3)[pH]2)cc1. The van der Waals surface area contributed by atoms with Crippen molar-refractivity contribution < 1.29 is 9.68 Å². The molecule has 5 nitrogen and oxygen atoms in total. The fraction of sp³-hybridized carbons (Fsp3) is 0. The number of hydrogen-bond donors (Lipinski definition) is 0. The van der Waals surface area contributed by atoms with Gasteiger partial charge in [0.15, 0.2) is 20.0 Å². The van der Waals surface area contributed by atoms with Crippen LogP contribution in [-0.2, 0) is 0 Å². The summed E-state index contributed by atoms with van der Waals surface area (Å²) >= 11 is 0. The molecule has 2 atom stereocenters. The number of aromatic nitrogens is 3. The molecule has 0 spiro atoms. The molecule has 0 amide bonds. The van der Waals surface area contributed by atoms with Crippen LogP contribution in [0.15, 0.2) is 60.7 Å². The second-order valence-corrected chi connectivity index (χ2v) is 7.55. The van der Waals surface area contributed by atoms with Crippen LogP contribution in [0.1, 0.15) is 0 Å². The topological polar surface area (TPSA) is 41.2 Å². The smallest absolute Gasteiger partial charge is 0.182 e. The highest BCUT2D eigenvalue weighted by atomic mass is 31.1. The number of para-hydroxylation sites is 2. The summed E-state index contributed by atoms with van der Waals surface area (Å²) in [7, 11) is 1.35. The van der Waals surface area contributed by atoms with Crippen molar-refractivity contribution in [3.63, 3.8) is 0 Å². The lowest BCUT2D eigenvalue weighted by Gasteiger charge is -2.11. The Kier molecular flexibility index (Phi) is 4.45. The van der Waals surface area contributed by atoms with Crippen molar-refractivity contribution in [2.75, 3.05) is 0 Å². The van der Waals surface area contributed by atoms with Gasteiger partial charge in [0.1, 0.15) is 0 Å². The van der Waals surface area contributed by atoms with Crippen LogP contribution in [0.3, 0.4) is 0 Å². The summed E-state index contributed by atoms with van der Waals surface area (Å²) in [4.78, 5) is 11.5. The lowest BCUT2D eigenvalue weighted by molar-refractivity contribution is 0.253. The van der Waals surface area contributed by atoms with Crippen molar-refractivity contribution in [2.45, 2.75) is 0 Å². The Hall–Kier alpha value is -1.66. The van der Waals surface area contributed by atoms with Gasteiger partial charge in [-0.25, -0.2) is 0 Å². The monoisotopic (exact) mass is 323 g/mol. The summed E-state index contributed by atoms with van der Waals surface area (Å²) in [6, 6.07) is 19.4. The zero-order chi connectivity index (χ0) is 13.6. The summed E-state index contributed by atoms with van der Waals surface area (Å²) in [5.74, 6) is 1.61. The molecule has 20 heavy (non-hydrogen) atoms. The van der Waals surface area contributed by atoms with Crippen LogP contribution in [0.5, 0.6) is 11.5 Å². The van der Waals surface area contributed by atoms with Gasteiger partial charge < -0.3 is 9.68 Å². The lowest BCUT2D eigenvalue weighted by atomic mass is 10.3. The average molecular weight is 323 g/mol. The van der Waals surface area contributed by atoms with E-state index < -0.39 is 0 Å². The Labute approximate surface area is 121 Å². The largest absolute Gasteiger partial charge is 0.367 e. The first-order chi connectivity index (χ1) is 9.90. The Morgan fingerprint density at radius 1 is 0.850 bits per heavy atom. The van der Waals surface area contributed by atoms with E-state index in [-0.39, 0.29) is 17.0 Å². The van der Waals surface area contributed by atoms with E-state index in [0.29, 0.717) is 0 Å². The summed E-state index contributed by atoms with van der Waals surface area (Å²) in [6.45, 7) is 0. The Balaban J connectivity index is 1.76. The minimum Gasteiger partial charge on any atom is -0.367 e. The van der Waals surface area contributed by atoms with Crippen molar-refractivity contribution in [3.05, 3.63) is 60.7 Å². The average Bonchev–Trinajstić information content (AvgIpc) is 2.50. The second kappa shape index (κ2) is 6.67. The van der Waals surface area contributed by atoms with E-state index in [1.807, 2.05) is 60.7 Å². The highest BCUT2D eigenvalue weighted by molar-refractivity contribution is 7.44. The molecule has 0 fully saturated rings. The summed E-state index contributed by atoms with van der Waals surface area (Å²) in [6.07, 6.45) is 0. The van der Waals surface area contributed by atoms with Crippen molar-refractivity contribution in [1.82, 2.24) is 13.0 Å². The maximum absolute atomic E-state index is 5.76. The number of rotatable bonds is 4. The van der Waals surface area contributed by atoms with Crippen molar-refractivity contribution in [2.24, 2.45) is 0 Å². The molecule has 0 N–H and O–H groups in total. The lowest BCUT2D eigenvalue weighted by Crippen LogP contribution is -2.03. The fourth-order valence-electron chi connectivity index (χ4n) is 1.47. The predicted octanol–water partition coefficient (Wildman–Crippen LogP) is 4.14. The van der Waals surface area contributed by atoms with Gasteiger partial charge in [0.05, 0.1) is 17.0 Å². The first-order valence-corrected chi connectivity index (χ1v) is 8.48. The second-order valence-electron chi connectivity index (χ2n) is 3.77. The zero-order valence-corrected chi connectivity index (χ0v) is 13.3. The van der Waals surface area contributed by atoms with E-state index in [2.05, 4.69) is 4.51 Å². The molecule has 102 valence electrons. The van der Waals surface area contributed by atoms with Crippen molar-refractivity contribution in [3.8, 4) is 11.5 Å². The maximum atomic E-state index is 5.76.